The maximum atomic E-state index is 6.20. The van der Waals surface area contributed by atoms with E-state index in [1.165, 1.54) is 10.9 Å². The molecule has 0 saturated carbocycles. The van der Waals surface area contributed by atoms with Crippen LogP contribution in [-0.2, 0) is 0 Å². The van der Waals surface area contributed by atoms with Gasteiger partial charge in [-0.05, 0) is 31.1 Å². The number of fused-ring (bicyclic) bond motifs is 1. The summed E-state index contributed by atoms with van der Waals surface area (Å²) in [6.07, 6.45) is 3.69. The average Bonchev–Trinajstić information content (AvgIpc) is 2.27. The van der Waals surface area contributed by atoms with Crippen LogP contribution in [0.4, 0.5) is 0 Å². The molecule has 1 atom stereocenters. The van der Waals surface area contributed by atoms with Crippen molar-refractivity contribution < 1.29 is 0 Å². The Balaban J connectivity index is 2.44. The summed E-state index contributed by atoms with van der Waals surface area (Å²) in [6.45, 7) is 0.849. The fourth-order valence-corrected chi connectivity index (χ4v) is 1.96. The Morgan fingerprint density at radius 3 is 2.88 bits per heavy atom. The molecule has 0 aliphatic rings. The average molecular weight is 215 g/mol. The Morgan fingerprint density at radius 2 is 2.12 bits per heavy atom. The number of likely N-dealkylation sites (N-methyl/N-ethyl adjacent to an activating group) is 1. The van der Waals surface area contributed by atoms with Crippen molar-refractivity contribution in [3.05, 3.63) is 42.2 Å². The summed E-state index contributed by atoms with van der Waals surface area (Å²) in [5, 5.41) is 2.35. The van der Waals surface area contributed by atoms with Crippen LogP contribution in [0.25, 0.3) is 10.8 Å². The molecule has 0 aliphatic carbocycles. The molecule has 2 N–H and O–H groups in total. The first-order valence-electron chi connectivity index (χ1n) is 5.41. The van der Waals surface area contributed by atoms with Crippen molar-refractivity contribution in [1.29, 1.82) is 0 Å². The monoisotopic (exact) mass is 215 g/mol. The molecule has 0 saturated heterocycles. The number of hydrogen-bond acceptors (Lipinski definition) is 3. The number of nitrogens with zero attached hydrogens (tertiary/aromatic N) is 2. The highest BCUT2D eigenvalue weighted by Gasteiger charge is 2.10. The minimum atomic E-state index is 0.0427. The van der Waals surface area contributed by atoms with Crippen molar-refractivity contribution in [3.8, 4) is 0 Å². The topological polar surface area (TPSA) is 42.1 Å². The van der Waals surface area contributed by atoms with Crippen LogP contribution in [0.3, 0.4) is 0 Å². The highest BCUT2D eigenvalue weighted by Crippen LogP contribution is 2.22. The van der Waals surface area contributed by atoms with Crippen molar-refractivity contribution in [3.63, 3.8) is 0 Å². The quantitative estimate of drug-likeness (QED) is 0.849. The van der Waals surface area contributed by atoms with Crippen LogP contribution in [0, 0.1) is 0 Å². The first-order valence-corrected chi connectivity index (χ1v) is 5.41. The molecule has 0 fully saturated rings. The molecule has 1 heterocycles. The maximum absolute atomic E-state index is 6.20. The molecule has 0 radical (unpaired) electrons. The lowest BCUT2D eigenvalue weighted by molar-refractivity contribution is 0.377. The molecule has 0 spiro atoms. The van der Waals surface area contributed by atoms with Gasteiger partial charge in [0.05, 0.1) is 0 Å². The SMILES string of the molecule is CN(C)CC(N)c1cccc2cnccc12. The summed E-state index contributed by atoms with van der Waals surface area (Å²) >= 11 is 0. The smallest absolute Gasteiger partial charge is 0.0430 e. The summed E-state index contributed by atoms with van der Waals surface area (Å²) < 4.78 is 0. The normalized spacial score (nSPS) is 13.2. The standard InChI is InChI=1S/C13H17N3/c1-16(2)9-13(14)12-5-3-4-10-8-15-7-6-11(10)12/h3-8,13H,9,14H2,1-2H3. The van der Waals surface area contributed by atoms with Gasteiger partial charge in [-0.3, -0.25) is 4.98 Å². The van der Waals surface area contributed by atoms with E-state index >= 15 is 0 Å². The number of rotatable bonds is 3. The van der Waals surface area contributed by atoms with E-state index in [4.69, 9.17) is 5.73 Å². The number of benzene rings is 1. The fourth-order valence-electron chi connectivity index (χ4n) is 1.96. The van der Waals surface area contributed by atoms with Gasteiger partial charge >= 0.3 is 0 Å². The molecule has 84 valence electrons. The van der Waals surface area contributed by atoms with Crippen LogP contribution in [0.15, 0.2) is 36.7 Å². The van der Waals surface area contributed by atoms with E-state index < -0.39 is 0 Å². The Labute approximate surface area is 95.9 Å². The number of aromatic nitrogens is 1. The lowest BCUT2D eigenvalue weighted by Gasteiger charge is -2.18. The van der Waals surface area contributed by atoms with Gasteiger partial charge < -0.3 is 10.6 Å². The molecular weight excluding hydrogens is 198 g/mol. The zero-order valence-corrected chi connectivity index (χ0v) is 9.72. The summed E-state index contributed by atoms with van der Waals surface area (Å²) in [4.78, 5) is 6.22. The Kier molecular flexibility index (Phi) is 3.17. The van der Waals surface area contributed by atoms with Crippen molar-refractivity contribution in [2.24, 2.45) is 5.73 Å². The third-order valence-electron chi connectivity index (χ3n) is 2.68. The molecule has 0 aliphatic heterocycles. The summed E-state index contributed by atoms with van der Waals surface area (Å²) in [7, 11) is 4.07. The second kappa shape index (κ2) is 4.60. The van der Waals surface area contributed by atoms with Crippen molar-refractivity contribution in [2.75, 3.05) is 20.6 Å². The Bertz CT molecular complexity index is 474. The highest BCUT2D eigenvalue weighted by atomic mass is 15.1. The van der Waals surface area contributed by atoms with E-state index in [0.717, 1.165) is 11.9 Å². The second-order valence-corrected chi connectivity index (χ2v) is 4.31. The second-order valence-electron chi connectivity index (χ2n) is 4.31. The maximum Gasteiger partial charge on any atom is 0.0430 e. The van der Waals surface area contributed by atoms with Crippen LogP contribution < -0.4 is 5.73 Å². The summed E-state index contributed by atoms with van der Waals surface area (Å²) in [6, 6.07) is 8.26. The van der Waals surface area contributed by atoms with Gasteiger partial charge in [0.25, 0.3) is 0 Å². The van der Waals surface area contributed by atoms with E-state index in [9.17, 15) is 0 Å². The van der Waals surface area contributed by atoms with E-state index in [1.807, 2.05) is 38.6 Å². The zero-order valence-electron chi connectivity index (χ0n) is 9.72. The first-order chi connectivity index (χ1) is 7.68. The molecule has 1 aromatic heterocycles. The first kappa shape index (κ1) is 11.0. The molecule has 0 amide bonds. The molecule has 1 aromatic carbocycles. The molecule has 16 heavy (non-hydrogen) atoms. The number of pyridine rings is 1. The van der Waals surface area contributed by atoms with Crippen LogP contribution >= 0.6 is 0 Å². The summed E-state index contributed by atoms with van der Waals surface area (Å²) in [5.41, 5.74) is 7.39. The highest BCUT2D eigenvalue weighted by molar-refractivity contribution is 5.85. The van der Waals surface area contributed by atoms with Crippen LogP contribution in [0.5, 0.6) is 0 Å². The van der Waals surface area contributed by atoms with E-state index in [1.54, 1.807) is 0 Å². The van der Waals surface area contributed by atoms with E-state index in [-0.39, 0.29) is 6.04 Å². The van der Waals surface area contributed by atoms with Gasteiger partial charge in [-0.2, -0.15) is 0 Å². The third-order valence-corrected chi connectivity index (χ3v) is 2.68. The third kappa shape index (κ3) is 2.21. The molecule has 0 bridgehead atoms. The van der Waals surface area contributed by atoms with Gasteiger partial charge in [-0.25, -0.2) is 0 Å². The Hall–Kier alpha value is -1.45. The molecule has 1 unspecified atom stereocenters. The lowest BCUT2D eigenvalue weighted by atomic mass is 10.0. The fraction of sp³-hybridized carbons (Fsp3) is 0.308. The van der Waals surface area contributed by atoms with Crippen molar-refractivity contribution in [2.45, 2.75) is 6.04 Å². The predicted molar refractivity (Wildman–Crippen MR) is 67.2 cm³/mol. The van der Waals surface area contributed by atoms with Crippen LogP contribution in [-0.4, -0.2) is 30.5 Å². The molecule has 2 rings (SSSR count). The van der Waals surface area contributed by atoms with E-state index in [2.05, 4.69) is 22.0 Å². The summed E-state index contributed by atoms with van der Waals surface area (Å²) in [5.74, 6) is 0. The van der Waals surface area contributed by atoms with Crippen LogP contribution in [0.2, 0.25) is 0 Å². The Morgan fingerprint density at radius 1 is 1.31 bits per heavy atom. The van der Waals surface area contributed by atoms with Crippen molar-refractivity contribution >= 4 is 10.8 Å². The van der Waals surface area contributed by atoms with Gasteiger partial charge in [-0.1, -0.05) is 18.2 Å². The predicted octanol–water partition coefficient (Wildman–Crippen LogP) is 1.80. The minimum absolute atomic E-state index is 0.0427. The van der Waals surface area contributed by atoms with Gasteiger partial charge in [0.2, 0.25) is 0 Å². The lowest BCUT2D eigenvalue weighted by Crippen LogP contribution is -2.26. The van der Waals surface area contributed by atoms with Gasteiger partial charge in [0, 0.05) is 30.4 Å². The van der Waals surface area contributed by atoms with Crippen molar-refractivity contribution in [1.82, 2.24) is 9.88 Å². The largest absolute Gasteiger partial charge is 0.323 e. The van der Waals surface area contributed by atoms with Crippen LogP contribution in [0.1, 0.15) is 11.6 Å². The minimum Gasteiger partial charge on any atom is -0.323 e. The zero-order chi connectivity index (χ0) is 11.5. The van der Waals surface area contributed by atoms with Gasteiger partial charge in [0.1, 0.15) is 0 Å². The molecule has 3 heteroatoms. The molecule has 2 aromatic rings. The van der Waals surface area contributed by atoms with E-state index in [0.29, 0.717) is 0 Å². The number of nitrogens with two attached hydrogens (primary N) is 1. The van der Waals surface area contributed by atoms with Gasteiger partial charge in [-0.15, -0.1) is 0 Å². The molecule has 3 nitrogen and oxygen atoms in total. The molecular formula is C13H17N3. The number of hydrogen-bond donors (Lipinski definition) is 1. The van der Waals surface area contributed by atoms with Gasteiger partial charge in [0.15, 0.2) is 0 Å².